The first kappa shape index (κ1) is 21.1. The number of H-pyrrole nitrogens is 1. The van der Waals surface area contributed by atoms with Gasteiger partial charge in [0.05, 0.1) is 29.5 Å². The summed E-state index contributed by atoms with van der Waals surface area (Å²) in [7, 11) is 1.66. The molecular weight excluding hydrogens is 465 g/mol. The Hall–Kier alpha value is -4.42. The molecule has 0 fully saturated rings. The summed E-state index contributed by atoms with van der Waals surface area (Å²) in [6.07, 6.45) is 3.37. The number of pyridine rings is 1. The van der Waals surface area contributed by atoms with Gasteiger partial charge in [0, 0.05) is 38.1 Å². The van der Waals surface area contributed by atoms with Crippen molar-refractivity contribution in [1.29, 1.82) is 0 Å². The number of oxazole rings is 1. The molecule has 1 aliphatic heterocycles. The van der Waals surface area contributed by atoms with Crippen LogP contribution in [-0.2, 0) is 13.5 Å². The Morgan fingerprint density at radius 2 is 2.20 bits per heavy atom. The number of hydrogen-bond donors (Lipinski definition) is 1. The lowest BCUT2D eigenvalue weighted by molar-refractivity contribution is 0.0640. The van der Waals surface area contributed by atoms with E-state index in [-0.39, 0.29) is 18.0 Å². The van der Waals surface area contributed by atoms with Crippen LogP contribution < -0.4 is 0 Å². The number of amides is 1. The van der Waals surface area contributed by atoms with Crippen molar-refractivity contribution in [3.05, 3.63) is 77.5 Å². The molecule has 178 valence electrons. The number of aryl methyl sites for hydroxylation is 1. The highest BCUT2D eigenvalue weighted by atomic mass is 19.3. The Kier molecular flexibility index (Phi) is 4.72. The van der Waals surface area contributed by atoms with E-state index in [9.17, 15) is 18.0 Å². The zero-order chi connectivity index (χ0) is 24.3. The van der Waals surface area contributed by atoms with E-state index in [0.717, 1.165) is 5.69 Å². The van der Waals surface area contributed by atoms with Crippen LogP contribution in [0.15, 0.2) is 47.5 Å². The number of rotatable bonds is 4. The smallest absolute Gasteiger partial charge is 0.292 e. The largest absolute Gasteiger partial charge is 0.430 e. The number of hydrogen-bond acceptors (Lipinski definition) is 6. The number of nitrogens with zero attached hydrogens (tertiary/aromatic N) is 7. The Morgan fingerprint density at radius 1 is 1.34 bits per heavy atom. The molecule has 1 amide bonds. The summed E-state index contributed by atoms with van der Waals surface area (Å²) in [5, 5.41) is 8.43. The van der Waals surface area contributed by atoms with Gasteiger partial charge in [0.1, 0.15) is 17.4 Å². The van der Waals surface area contributed by atoms with Crippen LogP contribution >= 0.6 is 0 Å². The number of fused-ring (bicyclic) bond motifs is 2. The number of imidazole rings is 1. The average molecular weight is 482 g/mol. The number of halogens is 3. The van der Waals surface area contributed by atoms with Gasteiger partial charge in [-0.25, -0.2) is 27.7 Å². The van der Waals surface area contributed by atoms with Crippen LogP contribution in [0.2, 0.25) is 0 Å². The summed E-state index contributed by atoms with van der Waals surface area (Å²) in [5.74, 6) is -1.99. The van der Waals surface area contributed by atoms with Crippen molar-refractivity contribution in [1.82, 2.24) is 39.2 Å². The molecule has 13 heteroatoms. The van der Waals surface area contributed by atoms with Crippen molar-refractivity contribution in [2.45, 2.75) is 18.9 Å². The van der Waals surface area contributed by atoms with Crippen molar-refractivity contribution in [2.75, 3.05) is 6.54 Å². The van der Waals surface area contributed by atoms with E-state index in [1.165, 1.54) is 44.8 Å². The minimum Gasteiger partial charge on any atom is -0.430 e. The van der Waals surface area contributed by atoms with Gasteiger partial charge < -0.3 is 14.3 Å². The van der Waals surface area contributed by atoms with Crippen molar-refractivity contribution >= 4 is 11.4 Å². The summed E-state index contributed by atoms with van der Waals surface area (Å²) in [4.78, 5) is 26.3. The van der Waals surface area contributed by atoms with Gasteiger partial charge in [-0.05, 0) is 18.2 Å². The van der Waals surface area contributed by atoms with E-state index in [1.54, 1.807) is 19.4 Å². The molecule has 1 aliphatic rings. The first-order valence-electron chi connectivity index (χ1n) is 10.7. The summed E-state index contributed by atoms with van der Waals surface area (Å²) in [6.45, 7) is 0.167. The molecule has 35 heavy (non-hydrogen) atoms. The van der Waals surface area contributed by atoms with Crippen molar-refractivity contribution in [3.63, 3.8) is 0 Å². The van der Waals surface area contributed by atoms with E-state index < -0.39 is 35.6 Å². The zero-order valence-electron chi connectivity index (χ0n) is 18.2. The van der Waals surface area contributed by atoms with Crippen LogP contribution in [0.4, 0.5) is 13.2 Å². The molecule has 0 saturated carbocycles. The topological polar surface area (TPSA) is 110 Å². The van der Waals surface area contributed by atoms with Crippen LogP contribution in [0.1, 0.15) is 45.8 Å². The second-order valence-corrected chi connectivity index (χ2v) is 8.11. The molecule has 0 aliphatic carbocycles. The van der Waals surface area contributed by atoms with Crippen LogP contribution in [-0.4, -0.2) is 51.7 Å². The summed E-state index contributed by atoms with van der Waals surface area (Å²) in [6, 6.07) is 3.47. The number of aromatic amines is 1. The molecule has 5 aromatic heterocycles. The lowest BCUT2D eigenvalue weighted by atomic mass is 9.99. The van der Waals surface area contributed by atoms with Crippen molar-refractivity contribution < 1.29 is 22.4 Å². The first-order valence-corrected chi connectivity index (χ1v) is 10.7. The lowest BCUT2D eigenvalue weighted by Gasteiger charge is -2.33. The van der Waals surface area contributed by atoms with Crippen LogP contribution in [0.5, 0.6) is 0 Å². The highest BCUT2D eigenvalue weighted by Gasteiger charge is 2.40. The van der Waals surface area contributed by atoms with E-state index in [1.807, 2.05) is 0 Å². The maximum Gasteiger partial charge on any atom is 0.292 e. The predicted octanol–water partition coefficient (Wildman–Crippen LogP) is 3.31. The molecular formula is C22H17F3N8O2. The molecule has 0 spiro atoms. The minimum absolute atomic E-state index is 0.138. The normalized spacial score (nSPS) is 15.8. The number of nitrogens with one attached hydrogen (secondary N) is 1. The lowest BCUT2D eigenvalue weighted by Crippen LogP contribution is -2.41. The maximum absolute atomic E-state index is 14.4. The minimum atomic E-state index is -3.04. The van der Waals surface area contributed by atoms with Crippen LogP contribution in [0.3, 0.4) is 0 Å². The fourth-order valence-corrected chi connectivity index (χ4v) is 4.35. The fraction of sp³-hybridized carbons (Fsp3) is 0.227. The summed E-state index contributed by atoms with van der Waals surface area (Å²) >= 11 is 0. The van der Waals surface area contributed by atoms with Gasteiger partial charge in [0.25, 0.3) is 12.3 Å². The van der Waals surface area contributed by atoms with Crippen molar-refractivity contribution in [2.24, 2.45) is 7.05 Å². The summed E-state index contributed by atoms with van der Waals surface area (Å²) < 4.78 is 50.5. The second kappa shape index (κ2) is 7.82. The summed E-state index contributed by atoms with van der Waals surface area (Å²) in [5.41, 5.74) is 1.42. The van der Waals surface area contributed by atoms with E-state index >= 15 is 0 Å². The van der Waals surface area contributed by atoms with E-state index in [0.29, 0.717) is 23.4 Å². The SMILES string of the molecule is Cn1cc(-c2nc(C(F)F)c(C(=O)N3CCc4[nH]cnc4[C@@H]3c3cc4c(F)cccn4n3)o2)cn1. The third-order valence-corrected chi connectivity index (χ3v) is 5.94. The molecule has 10 nitrogen and oxygen atoms in total. The zero-order valence-corrected chi connectivity index (χ0v) is 18.2. The number of alkyl halides is 2. The number of aromatic nitrogens is 7. The third-order valence-electron chi connectivity index (χ3n) is 5.94. The van der Waals surface area contributed by atoms with E-state index in [2.05, 4.69) is 25.1 Å². The third kappa shape index (κ3) is 3.38. The monoisotopic (exact) mass is 482 g/mol. The van der Waals surface area contributed by atoms with Gasteiger partial charge in [-0.15, -0.1) is 0 Å². The Balaban J connectivity index is 1.46. The van der Waals surface area contributed by atoms with Crippen LogP contribution in [0, 0.1) is 5.82 Å². The van der Waals surface area contributed by atoms with Gasteiger partial charge in [0.15, 0.2) is 5.69 Å². The van der Waals surface area contributed by atoms with Gasteiger partial charge >= 0.3 is 0 Å². The number of carbonyl (C=O) groups excluding carboxylic acids is 1. The molecule has 0 aromatic carbocycles. The Bertz CT molecular complexity index is 1570. The molecule has 0 saturated heterocycles. The first-order chi connectivity index (χ1) is 16.9. The molecule has 0 unspecified atom stereocenters. The highest BCUT2D eigenvalue weighted by Crippen LogP contribution is 2.37. The Morgan fingerprint density at radius 3 is 2.94 bits per heavy atom. The fourth-order valence-electron chi connectivity index (χ4n) is 4.35. The second-order valence-electron chi connectivity index (χ2n) is 8.11. The standard InChI is InChI=1S/C22H17F3N8O2/c1-31-9-11(8-28-31)21-29-17(20(24)25)19(35-21)22(34)32-6-4-13-16(27-10-26-13)18(32)14-7-15-12(23)3-2-5-33(15)30-14/h2-3,5,7-10,18,20H,4,6H2,1H3,(H,26,27)/t18-/m0/s1. The maximum atomic E-state index is 14.4. The van der Waals surface area contributed by atoms with E-state index in [4.69, 9.17) is 4.42 Å². The average Bonchev–Trinajstić information content (AvgIpc) is 3.62. The van der Waals surface area contributed by atoms with Gasteiger partial charge in [0.2, 0.25) is 11.7 Å². The molecule has 5 aromatic rings. The molecule has 0 radical (unpaired) electrons. The quantitative estimate of drug-likeness (QED) is 0.421. The predicted molar refractivity (Wildman–Crippen MR) is 114 cm³/mol. The number of carbonyl (C=O) groups is 1. The van der Waals surface area contributed by atoms with Crippen LogP contribution in [0.25, 0.3) is 17.0 Å². The van der Waals surface area contributed by atoms with Gasteiger partial charge in [-0.3, -0.25) is 9.48 Å². The van der Waals surface area contributed by atoms with Gasteiger partial charge in [-0.2, -0.15) is 10.2 Å². The molecule has 0 bridgehead atoms. The molecule has 1 N–H and O–H groups in total. The Labute approximate surface area is 195 Å². The molecule has 1 atom stereocenters. The van der Waals surface area contributed by atoms with Crippen molar-refractivity contribution in [3.8, 4) is 11.5 Å². The van der Waals surface area contributed by atoms with Gasteiger partial charge in [-0.1, -0.05) is 0 Å². The molecule has 6 rings (SSSR count). The molecule has 6 heterocycles. The highest BCUT2D eigenvalue weighted by molar-refractivity contribution is 5.93.